The zero-order valence-electron chi connectivity index (χ0n) is 27.2. The monoisotopic (exact) mass is 637 g/mol. The van der Waals surface area contributed by atoms with Crippen LogP contribution in [0.5, 0.6) is 0 Å². The molecule has 234 valence electrons. The topological polar surface area (TPSA) is 21.1 Å². The van der Waals surface area contributed by atoms with Gasteiger partial charge in [0.25, 0.3) is 0 Å². The summed E-state index contributed by atoms with van der Waals surface area (Å²) in [5, 5.41) is 5.04. The molecule has 9 aromatic rings. The Balaban J connectivity index is 1.13. The van der Waals surface area contributed by atoms with Gasteiger partial charge in [0, 0.05) is 44.9 Å². The summed E-state index contributed by atoms with van der Waals surface area (Å²) in [6, 6.07) is 62.7. The molecule has 0 unspecified atom stereocenters. The van der Waals surface area contributed by atoms with Crippen LogP contribution in [0.2, 0.25) is 0 Å². The van der Waals surface area contributed by atoms with Crippen LogP contribution < -0.4 is 4.90 Å². The maximum Gasteiger partial charge on any atom is 0.0715 e. The molecule has 0 aliphatic carbocycles. The third-order valence-corrected chi connectivity index (χ3v) is 9.90. The van der Waals surface area contributed by atoms with E-state index >= 15 is 0 Å². The van der Waals surface area contributed by atoms with Gasteiger partial charge in [0.2, 0.25) is 0 Å². The maximum atomic E-state index is 5.11. The Morgan fingerprint density at radius 2 is 1.04 bits per heavy atom. The van der Waals surface area contributed by atoms with Gasteiger partial charge in [-0.2, -0.15) is 0 Å². The Morgan fingerprint density at radius 1 is 0.420 bits per heavy atom. The van der Waals surface area contributed by atoms with Crippen LogP contribution in [-0.4, -0.2) is 9.55 Å². The first-order chi connectivity index (χ1) is 24.8. The first-order valence-electron chi connectivity index (χ1n) is 17.1. The van der Waals surface area contributed by atoms with Gasteiger partial charge in [0.05, 0.1) is 28.1 Å². The first kappa shape index (κ1) is 28.3. The van der Waals surface area contributed by atoms with Crippen molar-refractivity contribution >= 4 is 50.0 Å². The van der Waals surface area contributed by atoms with Crippen LogP contribution in [0.1, 0.15) is 5.56 Å². The largest absolute Gasteiger partial charge is 0.316 e. The number of hydrogen-bond donors (Lipinski definition) is 0. The quantitative estimate of drug-likeness (QED) is 0.187. The Kier molecular flexibility index (Phi) is 6.49. The lowest BCUT2D eigenvalue weighted by atomic mass is 9.94. The van der Waals surface area contributed by atoms with Crippen molar-refractivity contribution in [1.29, 1.82) is 0 Å². The Labute approximate surface area is 290 Å². The molecule has 0 amide bonds. The molecule has 0 spiro atoms. The van der Waals surface area contributed by atoms with Gasteiger partial charge in [-0.3, -0.25) is 0 Å². The number of fused-ring (bicyclic) bond motifs is 4. The van der Waals surface area contributed by atoms with Crippen LogP contribution in [0.15, 0.2) is 182 Å². The van der Waals surface area contributed by atoms with Crippen molar-refractivity contribution in [2.24, 2.45) is 0 Å². The van der Waals surface area contributed by atoms with Crippen LogP contribution in [0.25, 0.3) is 78.0 Å². The van der Waals surface area contributed by atoms with E-state index in [9.17, 15) is 0 Å². The smallest absolute Gasteiger partial charge is 0.0715 e. The lowest BCUT2D eigenvalue weighted by molar-refractivity contribution is 1.18. The summed E-state index contributed by atoms with van der Waals surface area (Å²) in [5.74, 6) is 0. The Hall–Kier alpha value is -6.71. The highest BCUT2D eigenvalue weighted by molar-refractivity contribution is 6.22. The summed E-state index contributed by atoms with van der Waals surface area (Å²) in [4.78, 5) is 7.44. The second-order valence-electron chi connectivity index (χ2n) is 12.8. The predicted octanol–water partition coefficient (Wildman–Crippen LogP) is 12.5. The van der Waals surface area contributed by atoms with Crippen molar-refractivity contribution < 1.29 is 0 Å². The minimum absolute atomic E-state index is 0.961. The zero-order valence-corrected chi connectivity index (χ0v) is 27.2. The van der Waals surface area contributed by atoms with Gasteiger partial charge in [-0.25, -0.2) is 4.98 Å². The van der Waals surface area contributed by atoms with Crippen LogP contribution in [0.3, 0.4) is 0 Å². The summed E-state index contributed by atoms with van der Waals surface area (Å²) in [6.45, 7) is 0. The molecule has 0 atom stereocenters. The number of para-hydroxylation sites is 2. The molecule has 0 saturated carbocycles. The van der Waals surface area contributed by atoms with E-state index in [1.807, 2.05) is 12.1 Å². The van der Waals surface area contributed by atoms with Crippen molar-refractivity contribution in [2.45, 2.75) is 0 Å². The molecule has 3 heterocycles. The summed E-state index contributed by atoms with van der Waals surface area (Å²) >= 11 is 0. The lowest BCUT2D eigenvalue weighted by Crippen LogP contribution is -2.12. The molecule has 0 N–H and O–H groups in total. The molecule has 0 radical (unpaired) electrons. The average Bonchev–Trinajstić information content (AvgIpc) is 3.53. The van der Waals surface area contributed by atoms with Gasteiger partial charge in [-0.1, -0.05) is 121 Å². The fraction of sp³-hybridized carbons (Fsp3) is 0. The fourth-order valence-corrected chi connectivity index (χ4v) is 7.65. The lowest BCUT2D eigenvalue weighted by Gasteiger charge is -2.27. The molecule has 2 aromatic heterocycles. The maximum absolute atomic E-state index is 5.11. The molecule has 0 saturated heterocycles. The molecular formula is C47H31N3. The molecule has 1 aliphatic rings. The third kappa shape index (κ3) is 4.56. The predicted molar refractivity (Wildman–Crippen MR) is 210 cm³/mol. The number of aromatic nitrogens is 2. The summed E-state index contributed by atoms with van der Waals surface area (Å²) in [7, 11) is 0. The number of hydrogen-bond acceptors (Lipinski definition) is 2. The van der Waals surface area contributed by atoms with Crippen molar-refractivity contribution in [3.05, 3.63) is 188 Å². The Morgan fingerprint density at radius 3 is 1.78 bits per heavy atom. The molecule has 7 aromatic carbocycles. The van der Waals surface area contributed by atoms with Crippen LogP contribution in [-0.2, 0) is 0 Å². The van der Waals surface area contributed by atoms with Gasteiger partial charge in [-0.05, 0) is 82.7 Å². The van der Waals surface area contributed by atoms with E-state index < -0.39 is 0 Å². The van der Waals surface area contributed by atoms with Crippen molar-refractivity contribution in [3.8, 4) is 39.3 Å². The minimum atomic E-state index is 0.961. The summed E-state index contributed by atoms with van der Waals surface area (Å²) < 4.78 is 2.40. The summed E-state index contributed by atoms with van der Waals surface area (Å²) in [5.41, 5.74) is 13.6. The van der Waals surface area contributed by atoms with Gasteiger partial charge in [0.1, 0.15) is 0 Å². The molecule has 3 nitrogen and oxygen atoms in total. The van der Waals surface area contributed by atoms with E-state index in [0.717, 1.165) is 39.3 Å². The number of anilines is 2. The highest BCUT2D eigenvalue weighted by atomic mass is 15.1. The highest BCUT2D eigenvalue weighted by Crippen LogP contribution is 2.46. The SMILES string of the molecule is C1=CN(c2cccc(-c3cc(-c4ccccc4)nc(-c4ccccc4)c3)c2)c2cccc3cc4c(c1c23)c1ccccc1n4-c1ccccc1. The van der Waals surface area contributed by atoms with Crippen molar-refractivity contribution in [3.63, 3.8) is 0 Å². The van der Waals surface area contributed by atoms with E-state index in [4.69, 9.17) is 4.98 Å². The average molecular weight is 638 g/mol. The number of benzene rings is 7. The van der Waals surface area contributed by atoms with Gasteiger partial charge in [0.15, 0.2) is 0 Å². The molecule has 0 bridgehead atoms. The normalized spacial score (nSPS) is 12.3. The number of nitrogens with zero attached hydrogens (tertiary/aromatic N) is 3. The molecule has 1 aliphatic heterocycles. The highest BCUT2D eigenvalue weighted by Gasteiger charge is 2.23. The van der Waals surface area contributed by atoms with Crippen LogP contribution in [0.4, 0.5) is 11.4 Å². The van der Waals surface area contributed by atoms with E-state index in [1.54, 1.807) is 0 Å². The van der Waals surface area contributed by atoms with E-state index in [0.29, 0.717) is 0 Å². The standard InChI is InChI=1S/C47H31N3/c1-4-14-32(15-5-1)41-29-36(30-42(48-41)33-16-6-2-7-17-33)34-18-12-22-38(28-34)49-27-26-40-46-35(19-13-25-44(46)49)31-45-47(40)39-23-10-11-24-43(39)50(45)37-20-8-3-9-21-37/h1-31H. The summed E-state index contributed by atoms with van der Waals surface area (Å²) in [6.07, 6.45) is 4.54. The van der Waals surface area contributed by atoms with Crippen molar-refractivity contribution in [2.75, 3.05) is 4.90 Å². The Bertz CT molecular complexity index is 2690. The van der Waals surface area contributed by atoms with Gasteiger partial charge in [-0.15, -0.1) is 0 Å². The van der Waals surface area contributed by atoms with Gasteiger partial charge < -0.3 is 9.47 Å². The number of pyridine rings is 1. The van der Waals surface area contributed by atoms with E-state index in [-0.39, 0.29) is 0 Å². The van der Waals surface area contributed by atoms with E-state index in [2.05, 4.69) is 186 Å². The fourth-order valence-electron chi connectivity index (χ4n) is 7.65. The first-order valence-corrected chi connectivity index (χ1v) is 17.1. The molecule has 3 heteroatoms. The molecule has 50 heavy (non-hydrogen) atoms. The van der Waals surface area contributed by atoms with Gasteiger partial charge >= 0.3 is 0 Å². The van der Waals surface area contributed by atoms with Crippen LogP contribution in [0, 0.1) is 0 Å². The molecule has 0 fully saturated rings. The third-order valence-electron chi connectivity index (χ3n) is 9.90. The zero-order chi connectivity index (χ0) is 33.0. The van der Waals surface area contributed by atoms with Crippen LogP contribution >= 0.6 is 0 Å². The molecule has 10 rings (SSSR count). The molecular weight excluding hydrogens is 607 g/mol. The van der Waals surface area contributed by atoms with E-state index in [1.165, 1.54) is 49.5 Å². The second kappa shape index (κ2) is 11.5. The van der Waals surface area contributed by atoms with Crippen molar-refractivity contribution in [1.82, 2.24) is 9.55 Å². The second-order valence-corrected chi connectivity index (χ2v) is 12.8. The number of rotatable bonds is 5. The minimum Gasteiger partial charge on any atom is -0.316 e.